The Hall–Kier alpha value is -0.600. The Labute approximate surface area is 86.6 Å². The minimum absolute atomic E-state index is 0.0279. The van der Waals surface area contributed by atoms with Gasteiger partial charge in [-0.2, -0.15) is 0 Å². The van der Waals surface area contributed by atoms with Gasteiger partial charge in [-0.15, -0.1) is 13.2 Å². The predicted molar refractivity (Wildman–Crippen MR) is 58.1 cm³/mol. The van der Waals surface area contributed by atoms with Gasteiger partial charge in [0.2, 0.25) is 0 Å². The Morgan fingerprint density at radius 1 is 1.36 bits per heavy atom. The number of ether oxygens (including phenoxy) is 2. The van der Waals surface area contributed by atoms with E-state index in [-0.39, 0.29) is 11.9 Å². The Balaban J connectivity index is 2.53. The summed E-state index contributed by atoms with van der Waals surface area (Å²) in [4.78, 5) is 0. The van der Waals surface area contributed by atoms with Crippen molar-refractivity contribution in [2.75, 3.05) is 6.61 Å². The molecule has 0 aliphatic carbocycles. The first-order valence-electron chi connectivity index (χ1n) is 5.27. The van der Waals surface area contributed by atoms with Gasteiger partial charge in [-0.05, 0) is 19.3 Å². The third-order valence-corrected chi connectivity index (χ3v) is 2.47. The molecule has 1 unspecified atom stereocenters. The lowest BCUT2D eigenvalue weighted by Crippen LogP contribution is -2.30. The molecule has 80 valence electrons. The van der Waals surface area contributed by atoms with Crippen LogP contribution in [0.5, 0.6) is 0 Å². The SMILES string of the molecule is C=CCC1(CC=C)COC(CCC)O1. The average molecular weight is 196 g/mol. The van der Waals surface area contributed by atoms with Gasteiger partial charge in [-0.25, -0.2) is 0 Å². The highest BCUT2D eigenvalue weighted by Gasteiger charge is 2.38. The molecule has 1 heterocycles. The summed E-state index contributed by atoms with van der Waals surface area (Å²) in [5.74, 6) is 0. The van der Waals surface area contributed by atoms with Gasteiger partial charge < -0.3 is 9.47 Å². The van der Waals surface area contributed by atoms with Gasteiger partial charge in [-0.3, -0.25) is 0 Å². The predicted octanol–water partition coefficient (Wildman–Crippen LogP) is 3.05. The topological polar surface area (TPSA) is 18.5 Å². The minimum Gasteiger partial charge on any atom is -0.350 e. The molecule has 1 rings (SSSR count). The molecule has 1 atom stereocenters. The van der Waals surface area contributed by atoms with Gasteiger partial charge in [0, 0.05) is 0 Å². The van der Waals surface area contributed by atoms with Crippen LogP contribution in [0, 0.1) is 0 Å². The Bertz CT molecular complexity index is 188. The minimum atomic E-state index is -0.191. The van der Waals surface area contributed by atoms with Gasteiger partial charge >= 0.3 is 0 Å². The molecular formula is C12H20O2. The van der Waals surface area contributed by atoms with Crippen LogP contribution in [-0.2, 0) is 9.47 Å². The van der Waals surface area contributed by atoms with Crippen molar-refractivity contribution < 1.29 is 9.47 Å². The van der Waals surface area contributed by atoms with E-state index < -0.39 is 0 Å². The molecule has 0 aromatic heterocycles. The molecule has 0 saturated carbocycles. The van der Waals surface area contributed by atoms with Crippen molar-refractivity contribution in [3.8, 4) is 0 Å². The molecule has 1 fully saturated rings. The summed E-state index contributed by atoms with van der Waals surface area (Å²) in [5, 5.41) is 0. The van der Waals surface area contributed by atoms with Crippen LogP contribution in [0.2, 0.25) is 0 Å². The summed E-state index contributed by atoms with van der Waals surface area (Å²) in [6, 6.07) is 0. The molecule has 0 radical (unpaired) electrons. The Morgan fingerprint density at radius 3 is 2.50 bits per heavy atom. The fraction of sp³-hybridized carbons (Fsp3) is 0.667. The van der Waals surface area contributed by atoms with Crippen LogP contribution in [0.15, 0.2) is 25.3 Å². The van der Waals surface area contributed by atoms with Gasteiger partial charge in [-0.1, -0.05) is 25.5 Å². The summed E-state index contributed by atoms with van der Waals surface area (Å²) in [5.41, 5.74) is -0.191. The molecule has 14 heavy (non-hydrogen) atoms. The number of rotatable bonds is 6. The highest BCUT2D eigenvalue weighted by molar-refractivity contribution is 4.96. The first-order chi connectivity index (χ1) is 6.76. The van der Waals surface area contributed by atoms with Crippen LogP contribution < -0.4 is 0 Å². The number of hydrogen-bond donors (Lipinski definition) is 0. The maximum Gasteiger partial charge on any atom is 0.158 e. The normalized spacial score (nSPS) is 24.8. The molecule has 1 aliphatic rings. The largest absolute Gasteiger partial charge is 0.350 e. The first-order valence-corrected chi connectivity index (χ1v) is 5.27. The van der Waals surface area contributed by atoms with E-state index in [4.69, 9.17) is 9.47 Å². The van der Waals surface area contributed by atoms with E-state index in [1.165, 1.54) is 0 Å². The van der Waals surface area contributed by atoms with Crippen molar-refractivity contribution in [3.63, 3.8) is 0 Å². The van der Waals surface area contributed by atoms with Crippen molar-refractivity contribution in [1.82, 2.24) is 0 Å². The van der Waals surface area contributed by atoms with E-state index >= 15 is 0 Å². The van der Waals surface area contributed by atoms with Crippen LogP contribution in [0.3, 0.4) is 0 Å². The van der Waals surface area contributed by atoms with Crippen molar-refractivity contribution in [1.29, 1.82) is 0 Å². The van der Waals surface area contributed by atoms with E-state index in [0.29, 0.717) is 6.61 Å². The molecular weight excluding hydrogens is 176 g/mol. The summed E-state index contributed by atoms with van der Waals surface area (Å²) in [6.07, 6.45) is 7.47. The van der Waals surface area contributed by atoms with E-state index in [9.17, 15) is 0 Å². The highest BCUT2D eigenvalue weighted by Crippen LogP contribution is 2.32. The monoisotopic (exact) mass is 196 g/mol. The molecule has 0 N–H and O–H groups in total. The van der Waals surface area contributed by atoms with E-state index in [2.05, 4.69) is 20.1 Å². The summed E-state index contributed by atoms with van der Waals surface area (Å²) in [6.45, 7) is 10.3. The number of hydrogen-bond acceptors (Lipinski definition) is 2. The second-order valence-corrected chi connectivity index (χ2v) is 3.82. The molecule has 1 aliphatic heterocycles. The van der Waals surface area contributed by atoms with Gasteiger partial charge in [0.05, 0.1) is 6.61 Å². The molecule has 1 saturated heterocycles. The summed E-state index contributed by atoms with van der Waals surface area (Å²) in [7, 11) is 0. The summed E-state index contributed by atoms with van der Waals surface area (Å²) >= 11 is 0. The fourth-order valence-electron chi connectivity index (χ4n) is 1.79. The fourth-order valence-corrected chi connectivity index (χ4v) is 1.79. The van der Waals surface area contributed by atoms with Crippen molar-refractivity contribution in [2.24, 2.45) is 0 Å². The van der Waals surface area contributed by atoms with Crippen LogP contribution in [0.1, 0.15) is 32.6 Å². The van der Waals surface area contributed by atoms with E-state index in [0.717, 1.165) is 25.7 Å². The van der Waals surface area contributed by atoms with Crippen molar-refractivity contribution in [2.45, 2.75) is 44.5 Å². The molecule has 0 aromatic carbocycles. The molecule has 0 bridgehead atoms. The first kappa shape index (κ1) is 11.5. The van der Waals surface area contributed by atoms with E-state index in [1.54, 1.807) is 0 Å². The lowest BCUT2D eigenvalue weighted by Gasteiger charge is -2.24. The zero-order chi connectivity index (χ0) is 10.4. The van der Waals surface area contributed by atoms with Gasteiger partial charge in [0.15, 0.2) is 6.29 Å². The standard InChI is InChI=1S/C12H20O2/c1-4-7-11-13-10-12(14-11,8-5-2)9-6-3/h5-6,11H,2-4,7-10H2,1H3. The maximum absolute atomic E-state index is 5.91. The van der Waals surface area contributed by atoms with E-state index in [1.807, 2.05) is 12.2 Å². The Morgan fingerprint density at radius 2 is 2.00 bits per heavy atom. The van der Waals surface area contributed by atoms with Crippen LogP contribution in [0.25, 0.3) is 0 Å². The van der Waals surface area contributed by atoms with Crippen molar-refractivity contribution in [3.05, 3.63) is 25.3 Å². The zero-order valence-corrected chi connectivity index (χ0v) is 9.00. The van der Waals surface area contributed by atoms with Crippen LogP contribution >= 0.6 is 0 Å². The molecule has 0 spiro atoms. The van der Waals surface area contributed by atoms with Gasteiger partial charge in [0.1, 0.15) is 5.60 Å². The lowest BCUT2D eigenvalue weighted by atomic mass is 9.97. The zero-order valence-electron chi connectivity index (χ0n) is 9.00. The summed E-state index contributed by atoms with van der Waals surface area (Å²) < 4.78 is 11.5. The van der Waals surface area contributed by atoms with Crippen molar-refractivity contribution >= 4 is 0 Å². The second-order valence-electron chi connectivity index (χ2n) is 3.82. The van der Waals surface area contributed by atoms with Gasteiger partial charge in [0.25, 0.3) is 0 Å². The average Bonchev–Trinajstić information content (AvgIpc) is 2.51. The second kappa shape index (κ2) is 5.32. The molecule has 2 heteroatoms. The maximum atomic E-state index is 5.91. The highest BCUT2D eigenvalue weighted by atomic mass is 16.7. The quantitative estimate of drug-likeness (QED) is 0.608. The Kier molecular flexibility index (Phi) is 4.36. The van der Waals surface area contributed by atoms with Crippen LogP contribution in [-0.4, -0.2) is 18.5 Å². The third kappa shape index (κ3) is 2.69. The molecule has 2 nitrogen and oxygen atoms in total. The molecule has 0 aromatic rings. The third-order valence-electron chi connectivity index (χ3n) is 2.47. The van der Waals surface area contributed by atoms with Crippen LogP contribution in [0.4, 0.5) is 0 Å². The lowest BCUT2D eigenvalue weighted by molar-refractivity contribution is -0.0911. The molecule has 0 amide bonds. The smallest absolute Gasteiger partial charge is 0.158 e.